The van der Waals surface area contributed by atoms with E-state index in [1.54, 1.807) is 7.05 Å². The van der Waals surface area contributed by atoms with Crippen LogP contribution in [0, 0.1) is 15.9 Å². The summed E-state index contributed by atoms with van der Waals surface area (Å²) in [5, 5.41) is 14.4. The molecule has 6 nitrogen and oxygen atoms in total. The molecule has 0 atom stereocenters. The fourth-order valence-corrected chi connectivity index (χ4v) is 2.05. The Kier molecular flexibility index (Phi) is 3.02. The van der Waals surface area contributed by atoms with Gasteiger partial charge in [-0.05, 0) is 30.3 Å². The monoisotopic (exact) mass is 287 g/mol. The molecular formula is C14H10FN3O3. The third kappa shape index (κ3) is 2.29. The van der Waals surface area contributed by atoms with E-state index in [0.717, 1.165) is 0 Å². The predicted molar refractivity (Wildman–Crippen MR) is 75.6 cm³/mol. The van der Waals surface area contributed by atoms with Crippen LogP contribution in [-0.2, 0) is 0 Å². The number of hydrogen-bond donors (Lipinski definition) is 1. The van der Waals surface area contributed by atoms with Crippen LogP contribution in [0.1, 0.15) is 0 Å². The van der Waals surface area contributed by atoms with Crippen LogP contribution in [-0.4, -0.2) is 17.0 Å². The molecule has 21 heavy (non-hydrogen) atoms. The van der Waals surface area contributed by atoms with E-state index in [4.69, 9.17) is 4.42 Å². The number of benzene rings is 1. The lowest BCUT2D eigenvalue weighted by Crippen LogP contribution is -1.98. The van der Waals surface area contributed by atoms with Gasteiger partial charge in [-0.25, -0.2) is 9.37 Å². The summed E-state index contributed by atoms with van der Waals surface area (Å²) < 4.78 is 18.7. The first-order valence-electron chi connectivity index (χ1n) is 6.11. The highest BCUT2D eigenvalue weighted by molar-refractivity contribution is 5.84. The lowest BCUT2D eigenvalue weighted by molar-refractivity contribution is -0.384. The second-order valence-corrected chi connectivity index (χ2v) is 4.36. The Morgan fingerprint density at radius 1 is 1.29 bits per heavy atom. The smallest absolute Gasteiger partial charge is 0.298 e. The molecule has 1 N–H and O–H groups in total. The molecule has 3 rings (SSSR count). The topological polar surface area (TPSA) is 81.2 Å². The van der Waals surface area contributed by atoms with Gasteiger partial charge >= 0.3 is 0 Å². The van der Waals surface area contributed by atoms with E-state index in [-0.39, 0.29) is 17.1 Å². The van der Waals surface area contributed by atoms with Gasteiger partial charge in [0.1, 0.15) is 17.2 Å². The van der Waals surface area contributed by atoms with Crippen LogP contribution in [0.25, 0.3) is 22.4 Å². The zero-order chi connectivity index (χ0) is 15.0. The number of nitro groups is 1. The number of rotatable bonds is 3. The first kappa shape index (κ1) is 13.0. The van der Waals surface area contributed by atoms with E-state index in [2.05, 4.69) is 10.3 Å². The Balaban J connectivity index is 2.22. The Bertz CT molecular complexity index is 845. The minimum absolute atomic E-state index is 0.100. The Hall–Kier alpha value is -2.96. The molecular weight excluding hydrogens is 277 g/mol. The van der Waals surface area contributed by atoms with Crippen molar-refractivity contribution in [3.8, 4) is 11.5 Å². The van der Waals surface area contributed by atoms with E-state index in [1.807, 2.05) is 0 Å². The van der Waals surface area contributed by atoms with E-state index in [1.165, 1.54) is 36.4 Å². The summed E-state index contributed by atoms with van der Waals surface area (Å²) in [7, 11) is 1.66. The molecule has 2 aromatic heterocycles. The average Bonchev–Trinajstić information content (AvgIpc) is 2.89. The van der Waals surface area contributed by atoms with Crippen molar-refractivity contribution in [1.82, 2.24) is 4.98 Å². The Labute approximate surface area is 118 Å². The van der Waals surface area contributed by atoms with Gasteiger partial charge in [0.25, 0.3) is 5.69 Å². The van der Waals surface area contributed by atoms with Crippen molar-refractivity contribution in [3.05, 3.63) is 52.3 Å². The molecule has 0 radical (unpaired) electrons. The van der Waals surface area contributed by atoms with Crippen molar-refractivity contribution in [1.29, 1.82) is 0 Å². The van der Waals surface area contributed by atoms with Crippen LogP contribution >= 0.6 is 0 Å². The molecule has 0 amide bonds. The molecule has 0 saturated heterocycles. The third-order valence-corrected chi connectivity index (χ3v) is 3.04. The zero-order valence-corrected chi connectivity index (χ0v) is 11.0. The van der Waals surface area contributed by atoms with Gasteiger partial charge in [0, 0.05) is 18.5 Å². The van der Waals surface area contributed by atoms with Gasteiger partial charge in [0.15, 0.2) is 11.5 Å². The van der Waals surface area contributed by atoms with E-state index in [9.17, 15) is 14.5 Å². The number of nitrogens with one attached hydrogen (secondary N) is 1. The predicted octanol–water partition coefficient (Wildman–Crippen LogP) is 3.58. The summed E-state index contributed by atoms with van der Waals surface area (Å²) in [6.45, 7) is 0. The first-order valence-corrected chi connectivity index (χ1v) is 6.11. The maximum absolute atomic E-state index is 13.2. The second kappa shape index (κ2) is 4.86. The lowest BCUT2D eigenvalue weighted by atomic mass is 10.2. The highest BCUT2D eigenvalue weighted by Crippen LogP contribution is 2.33. The maximum atomic E-state index is 13.2. The van der Waals surface area contributed by atoms with Crippen LogP contribution in [0.3, 0.4) is 0 Å². The van der Waals surface area contributed by atoms with Gasteiger partial charge in [0.2, 0.25) is 0 Å². The van der Waals surface area contributed by atoms with Gasteiger partial charge < -0.3 is 9.73 Å². The molecule has 0 bridgehead atoms. The number of halogens is 1. The van der Waals surface area contributed by atoms with Gasteiger partial charge in [-0.15, -0.1) is 0 Å². The number of pyridine rings is 1. The van der Waals surface area contributed by atoms with E-state index in [0.29, 0.717) is 16.8 Å². The maximum Gasteiger partial charge on any atom is 0.298 e. The second-order valence-electron chi connectivity index (χ2n) is 4.36. The van der Waals surface area contributed by atoms with Crippen molar-refractivity contribution in [3.63, 3.8) is 0 Å². The fraction of sp³-hybridized carbons (Fsp3) is 0.0714. The van der Waals surface area contributed by atoms with Crippen molar-refractivity contribution in [2.75, 3.05) is 12.4 Å². The summed E-state index contributed by atoms with van der Waals surface area (Å²) in [6, 6.07) is 8.43. The fourth-order valence-electron chi connectivity index (χ4n) is 2.05. The molecule has 1 aromatic carbocycles. The SMILES string of the molecule is CNc1ccc([N+](=O)[O-])c(-c2cc3cc(F)ccc3o2)n1. The van der Waals surface area contributed by atoms with Crippen molar-refractivity contribution >= 4 is 22.5 Å². The molecule has 0 spiro atoms. The summed E-state index contributed by atoms with van der Waals surface area (Å²) in [6.07, 6.45) is 0. The summed E-state index contributed by atoms with van der Waals surface area (Å²) >= 11 is 0. The molecule has 7 heteroatoms. The number of furan rings is 1. The zero-order valence-electron chi connectivity index (χ0n) is 11.0. The van der Waals surface area contributed by atoms with Gasteiger partial charge in [-0.3, -0.25) is 10.1 Å². The molecule has 0 unspecified atom stereocenters. The number of nitrogens with zero attached hydrogens (tertiary/aromatic N) is 2. The molecule has 106 valence electrons. The molecule has 0 saturated carbocycles. The summed E-state index contributed by atoms with van der Waals surface area (Å²) in [4.78, 5) is 14.7. The van der Waals surface area contributed by atoms with Crippen LogP contribution in [0.2, 0.25) is 0 Å². The quantitative estimate of drug-likeness (QED) is 0.588. The van der Waals surface area contributed by atoms with Crippen LogP contribution in [0.5, 0.6) is 0 Å². The minimum atomic E-state index is -0.532. The molecule has 2 heterocycles. The van der Waals surface area contributed by atoms with Gasteiger partial charge in [0.05, 0.1) is 4.92 Å². The van der Waals surface area contributed by atoms with Gasteiger partial charge in [-0.2, -0.15) is 0 Å². The number of aromatic nitrogens is 1. The molecule has 0 aliphatic heterocycles. The molecule has 3 aromatic rings. The van der Waals surface area contributed by atoms with E-state index >= 15 is 0 Å². The number of hydrogen-bond acceptors (Lipinski definition) is 5. The summed E-state index contributed by atoms with van der Waals surface area (Å²) in [5.74, 6) is 0.294. The lowest BCUT2D eigenvalue weighted by Gasteiger charge is -2.02. The first-order chi connectivity index (χ1) is 10.1. The number of anilines is 1. The molecule has 0 fully saturated rings. The van der Waals surface area contributed by atoms with Crippen molar-refractivity contribution in [2.24, 2.45) is 0 Å². The highest BCUT2D eigenvalue weighted by Gasteiger charge is 2.21. The van der Waals surface area contributed by atoms with Crippen LogP contribution in [0.4, 0.5) is 15.9 Å². The standard InChI is InChI=1S/C14H10FN3O3/c1-16-13-5-3-10(18(19)20)14(17-13)12-7-8-6-9(15)2-4-11(8)21-12/h2-7H,1H3,(H,16,17). The molecule has 0 aliphatic carbocycles. The summed E-state index contributed by atoms with van der Waals surface area (Å²) in [5.41, 5.74) is 0.370. The Morgan fingerprint density at radius 2 is 2.10 bits per heavy atom. The van der Waals surface area contributed by atoms with Gasteiger partial charge in [-0.1, -0.05) is 0 Å². The third-order valence-electron chi connectivity index (χ3n) is 3.04. The minimum Gasteiger partial charge on any atom is -0.454 e. The number of fused-ring (bicyclic) bond motifs is 1. The van der Waals surface area contributed by atoms with Crippen molar-refractivity contribution < 1.29 is 13.7 Å². The van der Waals surface area contributed by atoms with E-state index < -0.39 is 10.7 Å². The Morgan fingerprint density at radius 3 is 2.81 bits per heavy atom. The van der Waals surface area contributed by atoms with Crippen LogP contribution in [0.15, 0.2) is 40.8 Å². The highest BCUT2D eigenvalue weighted by atomic mass is 19.1. The average molecular weight is 287 g/mol. The van der Waals surface area contributed by atoms with Crippen molar-refractivity contribution in [2.45, 2.75) is 0 Å². The normalized spacial score (nSPS) is 10.8. The van der Waals surface area contributed by atoms with Crippen LogP contribution < -0.4 is 5.32 Å². The largest absolute Gasteiger partial charge is 0.454 e. The molecule has 0 aliphatic rings.